The van der Waals surface area contributed by atoms with Gasteiger partial charge in [0.15, 0.2) is 0 Å². The molecule has 1 aromatic carbocycles. The zero-order chi connectivity index (χ0) is 12.5. The number of halogens is 1. The van der Waals surface area contributed by atoms with Crippen molar-refractivity contribution in [2.75, 3.05) is 0 Å². The number of aromatic nitrogens is 1. The quantitative estimate of drug-likeness (QED) is 0.866. The Kier molecular flexibility index (Phi) is 3.33. The van der Waals surface area contributed by atoms with Gasteiger partial charge in [0.2, 0.25) is 0 Å². The predicted octanol–water partition coefficient (Wildman–Crippen LogP) is 2.46. The number of nitrogens with zero attached hydrogens (tertiary/aromatic N) is 1. The zero-order valence-electron chi connectivity index (χ0n) is 8.97. The molecule has 0 amide bonds. The fraction of sp³-hybridized carbons (Fsp3) is 0. The second-order valence-corrected chi connectivity index (χ2v) is 6.45. The molecule has 0 aliphatic carbocycles. The third-order valence-corrected chi connectivity index (χ3v) is 3.84. The van der Waals surface area contributed by atoms with Crippen molar-refractivity contribution >= 4 is 31.5 Å². The summed E-state index contributed by atoms with van der Waals surface area (Å²) in [6.45, 7) is 0. The maximum absolute atomic E-state index is 11.5. The van der Waals surface area contributed by atoms with Crippen LogP contribution in [-0.4, -0.2) is 15.1 Å². The molecule has 1 atom stereocenters. The van der Waals surface area contributed by atoms with E-state index < -0.39 is 9.71 Å². The third-order valence-electron chi connectivity index (χ3n) is 2.28. The maximum atomic E-state index is 11.5. The lowest BCUT2D eigenvalue weighted by Gasteiger charge is -2.04. The molecular formula is C12H11BrN2OS. The summed E-state index contributed by atoms with van der Waals surface area (Å²) in [5.41, 5.74) is 1.80. The molecule has 0 radical (unpaired) electrons. The van der Waals surface area contributed by atoms with Crippen molar-refractivity contribution in [2.45, 2.75) is 4.90 Å². The summed E-state index contributed by atoms with van der Waals surface area (Å²) >= 11 is 3.37. The minimum atomic E-state index is -2.68. The average molecular weight is 311 g/mol. The summed E-state index contributed by atoms with van der Waals surface area (Å²) in [4.78, 5) is 4.69. The first kappa shape index (κ1) is 12.3. The largest absolute Gasteiger partial charge is 0.256 e. The molecule has 0 fully saturated rings. The van der Waals surface area contributed by atoms with Crippen LogP contribution < -0.4 is 5.14 Å². The van der Waals surface area contributed by atoms with Crippen LogP contribution in [0.25, 0.3) is 11.3 Å². The first-order chi connectivity index (χ1) is 7.97. The van der Waals surface area contributed by atoms with Crippen molar-refractivity contribution in [2.24, 2.45) is 5.14 Å². The maximum Gasteiger partial charge on any atom is 0.0702 e. The lowest BCUT2D eigenvalue weighted by molar-refractivity contribution is 0.682. The van der Waals surface area contributed by atoms with Crippen molar-refractivity contribution in [1.82, 2.24) is 4.98 Å². The summed E-state index contributed by atoms with van der Waals surface area (Å²) in [5, 5.41) is 5.44. The highest BCUT2D eigenvalue weighted by Gasteiger charge is 2.03. The molecule has 17 heavy (non-hydrogen) atoms. The zero-order valence-corrected chi connectivity index (χ0v) is 11.4. The molecule has 5 heteroatoms. The standard InChI is InChI=1S/C12H11BrN2OS/c1-17(14,16)11-6-7-12(15-8-11)9-2-4-10(13)5-3-9/h2-8H,1H2,(H2,14,16). The van der Waals surface area contributed by atoms with Gasteiger partial charge < -0.3 is 0 Å². The molecule has 0 bridgehead atoms. The molecule has 1 aromatic heterocycles. The molecule has 3 nitrogen and oxygen atoms in total. The molecule has 0 aliphatic heterocycles. The molecule has 1 heterocycles. The Bertz CT molecular complexity index is 619. The summed E-state index contributed by atoms with van der Waals surface area (Å²) < 4.78 is 12.5. The number of hydrogen-bond donors (Lipinski definition) is 1. The lowest BCUT2D eigenvalue weighted by Crippen LogP contribution is -2.11. The van der Waals surface area contributed by atoms with E-state index in [1.165, 1.54) is 6.20 Å². The van der Waals surface area contributed by atoms with E-state index in [9.17, 15) is 4.21 Å². The fourth-order valence-corrected chi connectivity index (χ4v) is 2.17. The van der Waals surface area contributed by atoms with Gasteiger partial charge in [-0.2, -0.15) is 0 Å². The van der Waals surface area contributed by atoms with Gasteiger partial charge in [0.1, 0.15) is 0 Å². The number of nitrogens with two attached hydrogens (primary N) is 1. The van der Waals surface area contributed by atoms with E-state index in [4.69, 9.17) is 5.14 Å². The van der Waals surface area contributed by atoms with Crippen LogP contribution in [0.3, 0.4) is 0 Å². The fourth-order valence-electron chi connectivity index (χ4n) is 1.38. The summed E-state index contributed by atoms with van der Waals surface area (Å²) in [5.74, 6) is 3.41. The molecular weight excluding hydrogens is 300 g/mol. The van der Waals surface area contributed by atoms with Gasteiger partial charge in [0, 0.05) is 16.2 Å². The van der Waals surface area contributed by atoms with Gasteiger partial charge in [0.05, 0.1) is 20.3 Å². The lowest BCUT2D eigenvalue weighted by atomic mass is 10.1. The summed E-state index contributed by atoms with van der Waals surface area (Å²) in [7, 11) is -2.68. The third kappa shape index (κ3) is 2.94. The normalized spacial score (nSPS) is 14.2. The van der Waals surface area contributed by atoms with Crippen LogP contribution in [-0.2, 0) is 9.71 Å². The van der Waals surface area contributed by atoms with Gasteiger partial charge in [-0.3, -0.25) is 10.1 Å². The number of pyridine rings is 1. The number of hydrogen-bond acceptors (Lipinski definition) is 2. The van der Waals surface area contributed by atoms with E-state index in [1.54, 1.807) is 12.1 Å². The minimum Gasteiger partial charge on any atom is -0.256 e. The first-order valence-electron chi connectivity index (χ1n) is 4.84. The molecule has 0 spiro atoms. The highest BCUT2D eigenvalue weighted by Crippen LogP contribution is 2.20. The van der Waals surface area contributed by atoms with Crippen LogP contribution in [0.15, 0.2) is 52.0 Å². The Labute approximate surface area is 109 Å². The van der Waals surface area contributed by atoms with Gasteiger partial charge in [-0.25, -0.2) is 4.21 Å². The van der Waals surface area contributed by atoms with E-state index in [0.29, 0.717) is 4.90 Å². The summed E-state index contributed by atoms with van der Waals surface area (Å²) in [6, 6.07) is 11.3. The van der Waals surface area contributed by atoms with Crippen LogP contribution in [0.4, 0.5) is 0 Å². The van der Waals surface area contributed by atoms with Gasteiger partial charge in [-0.15, -0.1) is 0 Å². The molecule has 0 aliphatic rings. The smallest absolute Gasteiger partial charge is 0.0702 e. The second kappa shape index (κ2) is 4.60. The van der Waals surface area contributed by atoms with E-state index in [1.807, 2.05) is 24.3 Å². The number of rotatable bonds is 2. The van der Waals surface area contributed by atoms with Gasteiger partial charge in [0.25, 0.3) is 0 Å². The van der Waals surface area contributed by atoms with Crippen LogP contribution in [0.1, 0.15) is 0 Å². The number of benzene rings is 1. The van der Waals surface area contributed by atoms with Crippen molar-refractivity contribution in [1.29, 1.82) is 0 Å². The topological polar surface area (TPSA) is 56.0 Å². The predicted molar refractivity (Wildman–Crippen MR) is 75.1 cm³/mol. The van der Waals surface area contributed by atoms with E-state index in [-0.39, 0.29) is 0 Å². The molecule has 0 saturated heterocycles. The molecule has 1 unspecified atom stereocenters. The van der Waals surface area contributed by atoms with Crippen LogP contribution in [0.5, 0.6) is 0 Å². The minimum absolute atomic E-state index is 0.457. The first-order valence-corrected chi connectivity index (χ1v) is 7.42. The average Bonchev–Trinajstić information content (AvgIpc) is 2.29. The van der Waals surface area contributed by atoms with Crippen molar-refractivity contribution in [3.05, 3.63) is 47.1 Å². The second-order valence-electron chi connectivity index (χ2n) is 3.61. The highest BCUT2D eigenvalue weighted by molar-refractivity contribution is 9.10. The molecule has 2 aromatic rings. The van der Waals surface area contributed by atoms with Gasteiger partial charge in [-0.05, 0) is 30.1 Å². The van der Waals surface area contributed by atoms with Crippen molar-refractivity contribution in [3.8, 4) is 11.3 Å². The summed E-state index contributed by atoms with van der Waals surface area (Å²) in [6.07, 6.45) is 1.51. The monoisotopic (exact) mass is 310 g/mol. The van der Waals surface area contributed by atoms with Crippen LogP contribution in [0, 0.1) is 0 Å². The van der Waals surface area contributed by atoms with E-state index in [2.05, 4.69) is 26.8 Å². The molecule has 88 valence electrons. The van der Waals surface area contributed by atoms with Crippen molar-refractivity contribution in [3.63, 3.8) is 0 Å². The molecule has 0 saturated carbocycles. The van der Waals surface area contributed by atoms with E-state index >= 15 is 0 Å². The molecule has 2 N–H and O–H groups in total. The SMILES string of the molecule is C=S(N)(=O)c1ccc(-c2ccc(Br)cc2)nc1. The van der Waals surface area contributed by atoms with E-state index in [0.717, 1.165) is 15.7 Å². The Balaban J connectivity index is 2.39. The Morgan fingerprint density at radius 1 is 1.18 bits per heavy atom. The van der Waals surface area contributed by atoms with Crippen molar-refractivity contribution < 1.29 is 4.21 Å². The molecule has 2 rings (SSSR count). The Morgan fingerprint density at radius 3 is 2.29 bits per heavy atom. The van der Waals surface area contributed by atoms with Gasteiger partial charge in [-0.1, -0.05) is 28.1 Å². The van der Waals surface area contributed by atoms with Gasteiger partial charge >= 0.3 is 0 Å². The highest BCUT2D eigenvalue weighted by atomic mass is 79.9. The Morgan fingerprint density at radius 2 is 1.82 bits per heavy atom. The van der Waals surface area contributed by atoms with Crippen LogP contribution in [0.2, 0.25) is 0 Å². The van der Waals surface area contributed by atoms with Crippen LogP contribution >= 0.6 is 15.9 Å². The Hall–Kier alpha value is -1.17.